The summed E-state index contributed by atoms with van der Waals surface area (Å²) < 4.78 is 5.32. The number of aromatic amines is 1. The van der Waals surface area contributed by atoms with Crippen molar-refractivity contribution < 1.29 is 14.3 Å². The van der Waals surface area contributed by atoms with Crippen molar-refractivity contribution in [2.24, 2.45) is 0 Å². The van der Waals surface area contributed by atoms with Gasteiger partial charge in [0.25, 0.3) is 0 Å². The quantitative estimate of drug-likeness (QED) is 0.445. The number of fused-ring (bicyclic) bond motifs is 1. The lowest BCUT2D eigenvalue weighted by atomic mass is 10.0. The number of Topliss-reactive ketones (excluding diaryl/α,β-unsaturated/α-hetero) is 1. The van der Waals surface area contributed by atoms with Crippen LogP contribution in [0.1, 0.15) is 16.7 Å². The zero-order chi connectivity index (χ0) is 22.2. The number of alkyl carbamates (subject to hydrolysis) is 1. The number of benzene rings is 3. The van der Waals surface area contributed by atoms with Crippen LogP contribution in [0.3, 0.4) is 0 Å². The molecular weight excluding hydrogens is 400 g/mol. The van der Waals surface area contributed by atoms with Crippen LogP contribution in [-0.4, -0.2) is 22.9 Å². The molecule has 1 heterocycles. The number of aromatic nitrogens is 1. The maximum atomic E-state index is 12.9. The van der Waals surface area contributed by atoms with E-state index in [0.717, 1.165) is 27.6 Å². The van der Waals surface area contributed by atoms with Gasteiger partial charge in [-0.05, 0) is 35.2 Å². The lowest BCUT2D eigenvalue weighted by Gasteiger charge is -2.15. The minimum atomic E-state index is -0.839. The molecular formula is C27H22N2O3. The first kappa shape index (κ1) is 21.0. The molecule has 4 rings (SSSR count). The summed E-state index contributed by atoms with van der Waals surface area (Å²) in [6, 6.07) is 25.6. The number of rotatable bonds is 6. The fourth-order valence-corrected chi connectivity index (χ4v) is 3.38. The standard InChI is InChI=1S/C27H22N2O3/c30-26(16-15-20-9-3-1-4-10-20)25(17-22-18-28-24-14-8-7-13-23(22)24)29-27(31)32-19-21-11-5-2-6-12-21/h1-14,18,25,28H,17,19H2,(H,29,31)/t25-/m0/s1. The van der Waals surface area contributed by atoms with Gasteiger partial charge >= 0.3 is 6.09 Å². The smallest absolute Gasteiger partial charge is 0.408 e. The summed E-state index contributed by atoms with van der Waals surface area (Å²) in [5, 5.41) is 3.70. The number of carbonyl (C=O) groups is 2. The summed E-state index contributed by atoms with van der Waals surface area (Å²) in [6.45, 7) is 0.121. The summed E-state index contributed by atoms with van der Waals surface area (Å²) >= 11 is 0. The molecule has 3 aromatic carbocycles. The van der Waals surface area contributed by atoms with Crippen molar-refractivity contribution in [2.45, 2.75) is 19.1 Å². The molecule has 4 aromatic rings. The first-order valence-electron chi connectivity index (χ1n) is 10.3. The largest absolute Gasteiger partial charge is 0.445 e. The molecule has 158 valence electrons. The second-order valence-corrected chi connectivity index (χ2v) is 7.30. The van der Waals surface area contributed by atoms with Crippen LogP contribution in [0, 0.1) is 11.8 Å². The average molecular weight is 422 g/mol. The molecule has 5 nitrogen and oxygen atoms in total. The van der Waals surface area contributed by atoms with E-state index in [4.69, 9.17) is 4.74 Å². The van der Waals surface area contributed by atoms with E-state index in [0.29, 0.717) is 6.42 Å². The van der Waals surface area contributed by atoms with Crippen LogP contribution in [0.25, 0.3) is 10.9 Å². The zero-order valence-electron chi connectivity index (χ0n) is 17.4. The van der Waals surface area contributed by atoms with Crippen LogP contribution in [0.4, 0.5) is 4.79 Å². The van der Waals surface area contributed by atoms with Crippen molar-refractivity contribution in [3.8, 4) is 11.8 Å². The molecule has 0 unspecified atom stereocenters. The van der Waals surface area contributed by atoms with E-state index in [9.17, 15) is 9.59 Å². The van der Waals surface area contributed by atoms with Crippen LogP contribution >= 0.6 is 0 Å². The first-order chi connectivity index (χ1) is 15.7. The Labute approximate surface area is 186 Å². The molecule has 1 atom stereocenters. The Morgan fingerprint density at radius 3 is 2.38 bits per heavy atom. The Kier molecular flexibility index (Phi) is 6.64. The number of ether oxygens (including phenoxy) is 1. The lowest BCUT2D eigenvalue weighted by Crippen LogP contribution is -2.42. The Hall–Kier alpha value is -4.30. The molecule has 0 radical (unpaired) electrons. The lowest BCUT2D eigenvalue weighted by molar-refractivity contribution is -0.115. The van der Waals surface area contributed by atoms with Crippen LogP contribution in [0.5, 0.6) is 0 Å². The predicted octanol–water partition coefficient (Wildman–Crippen LogP) is 4.63. The zero-order valence-corrected chi connectivity index (χ0v) is 17.4. The molecule has 0 bridgehead atoms. The van der Waals surface area contributed by atoms with Crippen molar-refractivity contribution in [3.05, 3.63) is 108 Å². The van der Waals surface area contributed by atoms with E-state index < -0.39 is 12.1 Å². The summed E-state index contributed by atoms with van der Waals surface area (Å²) in [5.41, 5.74) is 3.49. The second-order valence-electron chi connectivity index (χ2n) is 7.30. The molecule has 0 fully saturated rings. The monoisotopic (exact) mass is 422 g/mol. The van der Waals surface area contributed by atoms with Gasteiger partial charge < -0.3 is 15.0 Å². The molecule has 2 N–H and O–H groups in total. The van der Waals surface area contributed by atoms with Gasteiger partial charge in [0.05, 0.1) is 0 Å². The van der Waals surface area contributed by atoms with Gasteiger partial charge in [0, 0.05) is 29.1 Å². The molecule has 5 heteroatoms. The molecule has 32 heavy (non-hydrogen) atoms. The van der Waals surface area contributed by atoms with Crippen molar-refractivity contribution in [2.75, 3.05) is 0 Å². The topological polar surface area (TPSA) is 71.2 Å². The number of ketones is 1. The number of hydrogen-bond acceptors (Lipinski definition) is 3. The maximum absolute atomic E-state index is 12.9. The minimum Gasteiger partial charge on any atom is -0.445 e. The Morgan fingerprint density at radius 2 is 1.59 bits per heavy atom. The Bertz CT molecular complexity index is 1270. The van der Waals surface area contributed by atoms with E-state index >= 15 is 0 Å². The van der Waals surface area contributed by atoms with Gasteiger partial charge in [0.15, 0.2) is 0 Å². The van der Waals surface area contributed by atoms with Gasteiger partial charge in [-0.2, -0.15) is 0 Å². The molecule has 0 aliphatic heterocycles. The van der Waals surface area contributed by atoms with E-state index in [1.807, 2.05) is 91.1 Å². The molecule has 0 aliphatic rings. The number of hydrogen-bond donors (Lipinski definition) is 2. The minimum absolute atomic E-state index is 0.121. The fourth-order valence-electron chi connectivity index (χ4n) is 3.38. The summed E-state index contributed by atoms with van der Waals surface area (Å²) in [4.78, 5) is 28.6. The van der Waals surface area contributed by atoms with Crippen LogP contribution in [0.2, 0.25) is 0 Å². The van der Waals surface area contributed by atoms with Gasteiger partial charge in [-0.1, -0.05) is 72.7 Å². The van der Waals surface area contributed by atoms with Crippen molar-refractivity contribution >= 4 is 22.8 Å². The van der Waals surface area contributed by atoms with Gasteiger partial charge in [-0.3, -0.25) is 4.79 Å². The number of para-hydroxylation sites is 1. The van der Waals surface area contributed by atoms with E-state index in [2.05, 4.69) is 22.1 Å². The third-order valence-electron chi connectivity index (χ3n) is 5.02. The molecule has 0 spiro atoms. The summed E-state index contributed by atoms with van der Waals surface area (Å²) in [5.74, 6) is 5.16. The molecule has 1 amide bonds. The highest BCUT2D eigenvalue weighted by Crippen LogP contribution is 2.19. The van der Waals surface area contributed by atoms with Crippen LogP contribution in [0.15, 0.2) is 91.1 Å². The van der Waals surface area contributed by atoms with Gasteiger partial charge in [-0.25, -0.2) is 4.79 Å². The highest BCUT2D eigenvalue weighted by molar-refractivity contribution is 6.02. The van der Waals surface area contributed by atoms with Crippen LogP contribution in [-0.2, 0) is 22.6 Å². The van der Waals surface area contributed by atoms with Crippen molar-refractivity contribution in [1.82, 2.24) is 10.3 Å². The summed E-state index contributed by atoms with van der Waals surface area (Å²) in [7, 11) is 0. The highest BCUT2D eigenvalue weighted by Gasteiger charge is 2.22. The average Bonchev–Trinajstić information content (AvgIpc) is 3.25. The molecule has 1 aromatic heterocycles. The third kappa shape index (κ3) is 5.44. The second kappa shape index (κ2) is 10.1. The first-order valence-corrected chi connectivity index (χ1v) is 10.3. The van der Waals surface area contributed by atoms with Gasteiger partial charge in [-0.15, -0.1) is 0 Å². The third-order valence-corrected chi connectivity index (χ3v) is 5.02. The van der Waals surface area contributed by atoms with Crippen LogP contribution < -0.4 is 5.32 Å². The number of amides is 1. The number of H-pyrrole nitrogens is 1. The SMILES string of the molecule is O=C(N[C@@H](Cc1c[nH]c2ccccc12)C(=O)C#Cc1ccccc1)OCc1ccccc1. The van der Waals surface area contributed by atoms with Gasteiger partial charge in [0.2, 0.25) is 5.78 Å². The van der Waals surface area contributed by atoms with Crippen molar-refractivity contribution in [1.29, 1.82) is 0 Å². The maximum Gasteiger partial charge on any atom is 0.408 e. The number of carbonyl (C=O) groups excluding carboxylic acids is 2. The van der Waals surface area contributed by atoms with E-state index in [-0.39, 0.29) is 12.4 Å². The highest BCUT2D eigenvalue weighted by atomic mass is 16.5. The van der Waals surface area contributed by atoms with Gasteiger partial charge in [0.1, 0.15) is 12.6 Å². The normalized spacial score (nSPS) is 11.2. The fraction of sp³-hybridized carbons (Fsp3) is 0.111. The molecule has 0 aliphatic carbocycles. The molecule has 0 saturated heterocycles. The Balaban J connectivity index is 1.51. The Morgan fingerprint density at radius 1 is 0.906 bits per heavy atom. The van der Waals surface area contributed by atoms with E-state index in [1.165, 1.54) is 0 Å². The predicted molar refractivity (Wildman–Crippen MR) is 124 cm³/mol. The van der Waals surface area contributed by atoms with E-state index in [1.54, 1.807) is 0 Å². The summed E-state index contributed by atoms with van der Waals surface area (Å²) in [6.07, 6.45) is 1.49. The number of nitrogens with one attached hydrogen (secondary N) is 2. The molecule has 0 saturated carbocycles. The van der Waals surface area contributed by atoms with Crippen molar-refractivity contribution in [3.63, 3.8) is 0 Å².